The normalized spacial score (nSPS) is 10.6. The number of hydrogen-bond donors (Lipinski definition) is 2. The molecule has 4 aromatic rings. The van der Waals surface area contributed by atoms with Gasteiger partial charge in [-0.05, 0) is 50.2 Å². The van der Waals surface area contributed by atoms with Gasteiger partial charge in [0.2, 0.25) is 0 Å². The fourth-order valence-electron chi connectivity index (χ4n) is 3.40. The first-order chi connectivity index (χ1) is 15.0. The van der Waals surface area contributed by atoms with Crippen molar-refractivity contribution in [3.8, 4) is 5.69 Å². The van der Waals surface area contributed by atoms with Gasteiger partial charge in [-0.25, -0.2) is 4.68 Å². The minimum absolute atomic E-state index is 0.176. The lowest BCUT2D eigenvalue weighted by Gasteiger charge is -2.11. The second-order valence-electron chi connectivity index (χ2n) is 7.06. The fraction of sp³-hybridized carbons (Fsp3) is 0.125. The second-order valence-corrected chi connectivity index (χ2v) is 7.06. The first-order valence-electron chi connectivity index (χ1n) is 9.87. The van der Waals surface area contributed by atoms with Crippen LogP contribution in [-0.4, -0.2) is 21.6 Å². The number of amides is 2. The van der Waals surface area contributed by atoms with Crippen molar-refractivity contribution in [2.75, 3.05) is 5.32 Å². The summed E-state index contributed by atoms with van der Waals surface area (Å²) in [5.41, 5.74) is 4.51. The van der Waals surface area contributed by atoms with Crippen LogP contribution in [0.2, 0.25) is 0 Å². The smallest absolute Gasteiger partial charge is 0.291 e. The molecule has 156 valence electrons. The van der Waals surface area contributed by atoms with Gasteiger partial charge in [0.05, 0.1) is 28.9 Å². The number of anilines is 1. The van der Waals surface area contributed by atoms with Crippen molar-refractivity contribution in [1.29, 1.82) is 0 Å². The summed E-state index contributed by atoms with van der Waals surface area (Å²) in [6.07, 6.45) is 1.42. The lowest BCUT2D eigenvalue weighted by atomic mass is 10.1. The molecule has 2 aromatic heterocycles. The Labute approximate surface area is 179 Å². The van der Waals surface area contributed by atoms with Crippen LogP contribution in [0.3, 0.4) is 0 Å². The zero-order chi connectivity index (χ0) is 21.8. The zero-order valence-corrected chi connectivity index (χ0v) is 17.3. The summed E-state index contributed by atoms with van der Waals surface area (Å²) < 4.78 is 6.99. The molecule has 0 aliphatic carbocycles. The van der Waals surface area contributed by atoms with Crippen LogP contribution < -0.4 is 10.6 Å². The summed E-state index contributed by atoms with van der Waals surface area (Å²) in [5.74, 6) is -0.530. The summed E-state index contributed by atoms with van der Waals surface area (Å²) in [7, 11) is 0. The highest BCUT2D eigenvalue weighted by Gasteiger charge is 2.17. The van der Waals surface area contributed by atoms with Crippen LogP contribution in [0, 0.1) is 13.8 Å². The molecule has 2 aromatic carbocycles. The fourth-order valence-corrected chi connectivity index (χ4v) is 3.40. The standard InChI is InChI=1S/C24H22N4O3/c1-16-20(17(2)28(27-16)18-9-4-3-5-10-18)15-25-23(29)19-11-6-7-12-21(19)26-24(30)22-13-8-14-31-22/h3-14H,15H2,1-2H3,(H,25,29)(H,26,30). The average Bonchev–Trinajstić information content (AvgIpc) is 3.42. The molecular weight excluding hydrogens is 392 g/mol. The van der Waals surface area contributed by atoms with E-state index in [1.54, 1.807) is 36.4 Å². The minimum Gasteiger partial charge on any atom is -0.459 e. The number of nitrogens with zero attached hydrogens (tertiary/aromatic N) is 2. The number of carbonyl (C=O) groups excluding carboxylic acids is 2. The molecule has 0 atom stereocenters. The highest BCUT2D eigenvalue weighted by atomic mass is 16.3. The molecule has 2 amide bonds. The number of rotatable bonds is 6. The number of furan rings is 1. The highest BCUT2D eigenvalue weighted by molar-refractivity contribution is 6.07. The summed E-state index contributed by atoms with van der Waals surface area (Å²) in [6, 6.07) is 19.9. The molecule has 0 fully saturated rings. The number of carbonyl (C=O) groups is 2. The van der Waals surface area contributed by atoms with Crippen molar-refractivity contribution in [1.82, 2.24) is 15.1 Å². The Kier molecular flexibility index (Phi) is 5.66. The van der Waals surface area contributed by atoms with Crippen molar-refractivity contribution in [3.05, 3.63) is 101 Å². The van der Waals surface area contributed by atoms with Crippen LogP contribution in [0.1, 0.15) is 37.9 Å². The van der Waals surface area contributed by atoms with Crippen molar-refractivity contribution < 1.29 is 14.0 Å². The van der Waals surface area contributed by atoms with E-state index in [2.05, 4.69) is 15.7 Å². The molecule has 31 heavy (non-hydrogen) atoms. The van der Waals surface area contributed by atoms with E-state index in [0.717, 1.165) is 22.6 Å². The number of aromatic nitrogens is 2. The van der Waals surface area contributed by atoms with Gasteiger partial charge in [0, 0.05) is 17.8 Å². The van der Waals surface area contributed by atoms with Crippen molar-refractivity contribution in [2.45, 2.75) is 20.4 Å². The maximum atomic E-state index is 12.9. The third-order valence-corrected chi connectivity index (χ3v) is 5.03. The Morgan fingerprint density at radius 3 is 2.42 bits per heavy atom. The van der Waals surface area contributed by atoms with Gasteiger partial charge in [0.15, 0.2) is 5.76 Å². The molecule has 2 N–H and O–H groups in total. The number of benzene rings is 2. The third kappa shape index (κ3) is 4.25. The van der Waals surface area contributed by atoms with Gasteiger partial charge in [-0.3, -0.25) is 9.59 Å². The third-order valence-electron chi connectivity index (χ3n) is 5.03. The van der Waals surface area contributed by atoms with Crippen LogP contribution >= 0.6 is 0 Å². The maximum absolute atomic E-state index is 12.9. The van der Waals surface area contributed by atoms with Gasteiger partial charge in [-0.2, -0.15) is 5.10 Å². The Balaban J connectivity index is 1.50. The topological polar surface area (TPSA) is 89.2 Å². The number of para-hydroxylation sites is 2. The Bertz CT molecular complexity index is 1210. The first kappa shape index (κ1) is 20.2. The molecule has 4 rings (SSSR count). The molecule has 7 nitrogen and oxygen atoms in total. The molecule has 0 radical (unpaired) electrons. The average molecular weight is 414 g/mol. The van der Waals surface area contributed by atoms with Crippen LogP contribution in [0.4, 0.5) is 5.69 Å². The molecule has 2 heterocycles. The predicted molar refractivity (Wildman–Crippen MR) is 117 cm³/mol. The lowest BCUT2D eigenvalue weighted by Crippen LogP contribution is -2.25. The van der Waals surface area contributed by atoms with Gasteiger partial charge in [0.1, 0.15) is 0 Å². The van der Waals surface area contributed by atoms with E-state index >= 15 is 0 Å². The van der Waals surface area contributed by atoms with Crippen LogP contribution in [0.25, 0.3) is 5.69 Å². The van der Waals surface area contributed by atoms with Crippen molar-refractivity contribution in [2.24, 2.45) is 0 Å². The zero-order valence-electron chi connectivity index (χ0n) is 17.3. The minimum atomic E-state index is -0.416. The molecule has 0 aliphatic heterocycles. The van der Waals surface area contributed by atoms with E-state index in [0.29, 0.717) is 17.8 Å². The van der Waals surface area contributed by atoms with E-state index in [1.165, 1.54) is 6.26 Å². The van der Waals surface area contributed by atoms with Crippen molar-refractivity contribution in [3.63, 3.8) is 0 Å². The molecule has 0 saturated heterocycles. The summed E-state index contributed by atoms with van der Waals surface area (Å²) >= 11 is 0. The SMILES string of the molecule is Cc1nn(-c2ccccc2)c(C)c1CNC(=O)c1ccccc1NC(=O)c1ccco1. The first-order valence-corrected chi connectivity index (χ1v) is 9.87. The maximum Gasteiger partial charge on any atom is 0.291 e. The molecule has 0 spiro atoms. The Morgan fingerprint density at radius 2 is 1.68 bits per heavy atom. The van der Waals surface area contributed by atoms with E-state index in [4.69, 9.17) is 4.42 Å². The van der Waals surface area contributed by atoms with Gasteiger partial charge in [0.25, 0.3) is 11.8 Å². The second kappa shape index (κ2) is 8.71. The van der Waals surface area contributed by atoms with Gasteiger partial charge in [-0.1, -0.05) is 30.3 Å². The molecule has 0 bridgehead atoms. The quantitative estimate of drug-likeness (QED) is 0.493. The predicted octanol–water partition coefficient (Wildman–Crippen LogP) is 4.26. The van der Waals surface area contributed by atoms with Crippen LogP contribution in [-0.2, 0) is 6.54 Å². The molecule has 0 saturated carbocycles. The Morgan fingerprint density at radius 1 is 0.935 bits per heavy atom. The summed E-state index contributed by atoms with van der Waals surface area (Å²) in [5, 5.41) is 10.3. The highest BCUT2D eigenvalue weighted by Crippen LogP contribution is 2.19. The Hall–Kier alpha value is -4.13. The van der Waals surface area contributed by atoms with Gasteiger partial charge >= 0.3 is 0 Å². The summed E-state index contributed by atoms with van der Waals surface area (Å²) in [4.78, 5) is 25.2. The summed E-state index contributed by atoms with van der Waals surface area (Å²) in [6.45, 7) is 4.22. The monoisotopic (exact) mass is 414 g/mol. The molecular formula is C24H22N4O3. The van der Waals surface area contributed by atoms with Gasteiger partial charge < -0.3 is 15.1 Å². The van der Waals surface area contributed by atoms with E-state index in [1.807, 2.05) is 48.9 Å². The van der Waals surface area contributed by atoms with Gasteiger partial charge in [-0.15, -0.1) is 0 Å². The molecule has 0 unspecified atom stereocenters. The van der Waals surface area contributed by atoms with E-state index < -0.39 is 5.91 Å². The number of hydrogen-bond acceptors (Lipinski definition) is 4. The molecule has 0 aliphatic rings. The number of nitrogens with one attached hydrogen (secondary N) is 2. The largest absolute Gasteiger partial charge is 0.459 e. The number of aryl methyl sites for hydroxylation is 1. The van der Waals surface area contributed by atoms with Crippen molar-refractivity contribution >= 4 is 17.5 Å². The lowest BCUT2D eigenvalue weighted by molar-refractivity contribution is 0.0951. The van der Waals surface area contributed by atoms with Crippen LogP contribution in [0.15, 0.2) is 77.4 Å². The van der Waals surface area contributed by atoms with Crippen LogP contribution in [0.5, 0.6) is 0 Å². The van der Waals surface area contributed by atoms with E-state index in [9.17, 15) is 9.59 Å². The van der Waals surface area contributed by atoms with E-state index in [-0.39, 0.29) is 11.7 Å². The molecule has 7 heteroatoms.